The largest absolute Gasteiger partial charge is 0.295 e. The second-order valence-corrected chi connectivity index (χ2v) is 4.25. The molecule has 0 radical (unpaired) electrons. The summed E-state index contributed by atoms with van der Waals surface area (Å²) in [7, 11) is 3.92. The molecule has 0 fully saturated rings. The number of nitrogens with zero attached hydrogens (tertiary/aromatic N) is 5. The molecule has 2 heterocycles. The third-order valence-corrected chi connectivity index (χ3v) is 2.63. The summed E-state index contributed by atoms with van der Waals surface area (Å²) in [5, 5.41) is 9.99. The topological polar surface area (TPSA) is 46.8 Å². The number of aromatic nitrogens is 4. The minimum absolute atomic E-state index is 0.797. The van der Waals surface area contributed by atoms with Crippen molar-refractivity contribution in [2.75, 3.05) is 7.05 Å². The van der Waals surface area contributed by atoms with E-state index in [9.17, 15) is 0 Å². The van der Waals surface area contributed by atoms with Gasteiger partial charge in [0.15, 0.2) is 0 Å². The van der Waals surface area contributed by atoms with Gasteiger partial charge in [0.25, 0.3) is 0 Å². The van der Waals surface area contributed by atoms with Gasteiger partial charge in [-0.05, 0) is 7.05 Å². The maximum atomic E-state index is 4.24. The minimum atomic E-state index is 0.797. The monoisotopic (exact) mass is 223 g/mol. The molecule has 2 aromatic heterocycles. The van der Waals surface area contributed by atoms with E-state index in [1.807, 2.05) is 25.8 Å². The fourth-order valence-corrected chi connectivity index (χ4v) is 1.94. The normalized spacial score (nSPS) is 11.1. The molecule has 80 valence electrons. The van der Waals surface area contributed by atoms with E-state index in [0.717, 1.165) is 24.5 Å². The Hall–Kier alpha value is -1.27. The zero-order valence-electron chi connectivity index (χ0n) is 8.79. The van der Waals surface area contributed by atoms with Crippen molar-refractivity contribution in [3.05, 3.63) is 28.5 Å². The summed E-state index contributed by atoms with van der Waals surface area (Å²) >= 11 is 1.62. The highest BCUT2D eigenvalue weighted by atomic mass is 32.1. The molecular weight excluding hydrogens is 210 g/mol. The number of rotatable bonds is 4. The van der Waals surface area contributed by atoms with E-state index >= 15 is 0 Å². The van der Waals surface area contributed by atoms with Crippen LogP contribution in [-0.4, -0.2) is 31.9 Å². The van der Waals surface area contributed by atoms with Crippen LogP contribution in [0, 0.1) is 0 Å². The Kier molecular flexibility index (Phi) is 3.08. The van der Waals surface area contributed by atoms with E-state index in [1.54, 1.807) is 16.0 Å². The van der Waals surface area contributed by atoms with E-state index in [-0.39, 0.29) is 0 Å². The van der Waals surface area contributed by atoms with E-state index in [4.69, 9.17) is 0 Å². The SMILES string of the molecule is CN(Cc1cscn1)Cc1cn(C)nn1. The fourth-order valence-electron chi connectivity index (χ4n) is 1.39. The van der Waals surface area contributed by atoms with Gasteiger partial charge in [-0.15, -0.1) is 16.4 Å². The zero-order valence-corrected chi connectivity index (χ0v) is 9.61. The van der Waals surface area contributed by atoms with Gasteiger partial charge in [0.2, 0.25) is 0 Å². The van der Waals surface area contributed by atoms with Crippen molar-refractivity contribution in [3.8, 4) is 0 Å². The molecule has 5 nitrogen and oxygen atoms in total. The average Bonchev–Trinajstić information content (AvgIpc) is 2.77. The number of aryl methyl sites for hydroxylation is 1. The first-order valence-corrected chi connectivity index (χ1v) is 5.59. The highest BCUT2D eigenvalue weighted by molar-refractivity contribution is 7.07. The highest BCUT2D eigenvalue weighted by Crippen LogP contribution is 2.06. The lowest BCUT2D eigenvalue weighted by atomic mass is 10.4. The van der Waals surface area contributed by atoms with Crippen LogP contribution in [0.15, 0.2) is 17.1 Å². The van der Waals surface area contributed by atoms with Crippen LogP contribution >= 0.6 is 11.3 Å². The molecule has 0 aliphatic carbocycles. The molecule has 6 heteroatoms. The number of thiazole rings is 1. The maximum Gasteiger partial charge on any atom is 0.0967 e. The van der Waals surface area contributed by atoms with Crippen LogP contribution < -0.4 is 0 Å². The molecule has 15 heavy (non-hydrogen) atoms. The Bertz CT molecular complexity index is 408. The van der Waals surface area contributed by atoms with E-state index in [1.165, 1.54) is 0 Å². The maximum absolute atomic E-state index is 4.24. The quantitative estimate of drug-likeness (QED) is 0.772. The summed E-state index contributed by atoms with van der Waals surface area (Å²) in [4.78, 5) is 6.40. The van der Waals surface area contributed by atoms with Gasteiger partial charge in [-0.2, -0.15) is 0 Å². The summed E-state index contributed by atoms with van der Waals surface area (Å²) in [6.07, 6.45) is 1.93. The molecule has 0 aliphatic rings. The van der Waals surface area contributed by atoms with Gasteiger partial charge < -0.3 is 0 Å². The van der Waals surface area contributed by atoms with Crippen LogP contribution in [-0.2, 0) is 20.1 Å². The molecule has 0 bridgehead atoms. The van der Waals surface area contributed by atoms with Gasteiger partial charge in [0.05, 0.1) is 16.9 Å². The lowest BCUT2D eigenvalue weighted by Gasteiger charge is -2.12. The molecule has 0 spiro atoms. The molecule has 2 rings (SSSR count). The molecule has 0 N–H and O–H groups in total. The second kappa shape index (κ2) is 4.50. The minimum Gasteiger partial charge on any atom is -0.295 e. The van der Waals surface area contributed by atoms with Crippen molar-refractivity contribution in [2.45, 2.75) is 13.1 Å². The lowest BCUT2D eigenvalue weighted by Crippen LogP contribution is -2.17. The summed E-state index contributed by atoms with van der Waals surface area (Å²) < 4.78 is 1.71. The van der Waals surface area contributed by atoms with Crippen molar-refractivity contribution < 1.29 is 0 Å². The average molecular weight is 223 g/mol. The Morgan fingerprint density at radius 3 is 2.80 bits per heavy atom. The molecule has 0 unspecified atom stereocenters. The van der Waals surface area contributed by atoms with Crippen molar-refractivity contribution >= 4 is 11.3 Å². The van der Waals surface area contributed by atoms with Crippen molar-refractivity contribution in [3.63, 3.8) is 0 Å². The molecule has 0 saturated carbocycles. The second-order valence-electron chi connectivity index (χ2n) is 3.54. The molecule has 0 aliphatic heterocycles. The van der Waals surface area contributed by atoms with E-state index in [0.29, 0.717) is 0 Å². The standard InChI is InChI=1S/C9H13N5S/c1-13(4-9-6-15-7-10-9)3-8-5-14(2)12-11-8/h5-7H,3-4H2,1-2H3. The van der Waals surface area contributed by atoms with Gasteiger partial charge in [-0.1, -0.05) is 5.21 Å². The molecule has 0 aromatic carbocycles. The Morgan fingerprint density at radius 1 is 1.40 bits per heavy atom. The fraction of sp³-hybridized carbons (Fsp3) is 0.444. The summed E-state index contributed by atoms with van der Waals surface area (Å²) in [5.74, 6) is 0. The van der Waals surface area contributed by atoms with Crippen LogP contribution in [0.5, 0.6) is 0 Å². The lowest BCUT2D eigenvalue weighted by molar-refractivity contribution is 0.311. The summed E-state index contributed by atoms with van der Waals surface area (Å²) in [6, 6.07) is 0. The van der Waals surface area contributed by atoms with Crippen LogP contribution in [0.2, 0.25) is 0 Å². The van der Waals surface area contributed by atoms with Crippen LogP contribution in [0.3, 0.4) is 0 Å². The number of hydrogen-bond donors (Lipinski definition) is 0. The van der Waals surface area contributed by atoms with Crippen LogP contribution in [0.25, 0.3) is 0 Å². The van der Waals surface area contributed by atoms with Crippen molar-refractivity contribution in [1.29, 1.82) is 0 Å². The Labute approximate surface area is 92.4 Å². The highest BCUT2D eigenvalue weighted by Gasteiger charge is 2.05. The third-order valence-electron chi connectivity index (χ3n) is 2.00. The molecule has 0 amide bonds. The number of hydrogen-bond acceptors (Lipinski definition) is 5. The molecule has 0 saturated heterocycles. The Balaban J connectivity index is 1.90. The predicted molar refractivity (Wildman–Crippen MR) is 58.3 cm³/mol. The molecule has 2 aromatic rings. The summed E-state index contributed by atoms with van der Waals surface area (Å²) in [5.41, 5.74) is 3.94. The smallest absolute Gasteiger partial charge is 0.0967 e. The van der Waals surface area contributed by atoms with Crippen LogP contribution in [0.4, 0.5) is 0 Å². The van der Waals surface area contributed by atoms with Gasteiger partial charge in [0.1, 0.15) is 0 Å². The first kappa shape index (κ1) is 10.3. The van der Waals surface area contributed by atoms with Crippen LogP contribution in [0.1, 0.15) is 11.4 Å². The van der Waals surface area contributed by atoms with Gasteiger partial charge in [0, 0.05) is 31.7 Å². The first-order chi connectivity index (χ1) is 7.24. The predicted octanol–water partition coefficient (Wildman–Crippen LogP) is 0.904. The van der Waals surface area contributed by atoms with E-state index < -0.39 is 0 Å². The van der Waals surface area contributed by atoms with Gasteiger partial charge >= 0.3 is 0 Å². The third kappa shape index (κ3) is 2.84. The van der Waals surface area contributed by atoms with Crippen molar-refractivity contribution in [2.24, 2.45) is 7.05 Å². The Morgan fingerprint density at radius 2 is 2.20 bits per heavy atom. The van der Waals surface area contributed by atoms with Gasteiger partial charge in [-0.3, -0.25) is 9.58 Å². The molecular formula is C9H13N5S. The van der Waals surface area contributed by atoms with E-state index in [2.05, 4.69) is 25.6 Å². The van der Waals surface area contributed by atoms with Crippen molar-refractivity contribution in [1.82, 2.24) is 24.9 Å². The first-order valence-electron chi connectivity index (χ1n) is 4.65. The zero-order chi connectivity index (χ0) is 10.7. The summed E-state index contributed by atoms with van der Waals surface area (Å²) in [6.45, 7) is 1.64. The van der Waals surface area contributed by atoms with Gasteiger partial charge in [-0.25, -0.2) is 4.98 Å². The molecule has 0 atom stereocenters.